The molecule has 3 aromatic rings. The first-order chi connectivity index (χ1) is 13.2. The summed E-state index contributed by atoms with van der Waals surface area (Å²) in [4.78, 5) is 18.3. The van der Waals surface area contributed by atoms with Crippen LogP contribution in [0.3, 0.4) is 0 Å². The van der Waals surface area contributed by atoms with Gasteiger partial charge in [-0.2, -0.15) is 0 Å². The molecule has 0 radical (unpaired) electrons. The molecular formula is C22H20ClFN2OS. The van der Waals surface area contributed by atoms with Crippen LogP contribution in [0.2, 0.25) is 0 Å². The Morgan fingerprint density at radius 3 is 2.68 bits per heavy atom. The van der Waals surface area contributed by atoms with Crippen molar-refractivity contribution in [3.63, 3.8) is 0 Å². The van der Waals surface area contributed by atoms with Crippen molar-refractivity contribution in [2.75, 3.05) is 0 Å². The van der Waals surface area contributed by atoms with Gasteiger partial charge in [0.25, 0.3) is 5.91 Å². The van der Waals surface area contributed by atoms with Crippen LogP contribution in [0.15, 0.2) is 65.0 Å². The van der Waals surface area contributed by atoms with Crippen molar-refractivity contribution < 1.29 is 9.18 Å². The summed E-state index contributed by atoms with van der Waals surface area (Å²) in [5.74, 6) is -0.0357. The highest BCUT2D eigenvalue weighted by atomic mass is 35.5. The first-order valence-corrected chi connectivity index (χ1v) is 9.83. The van der Waals surface area contributed by atoms with Crippen LogP contribution in [0, 0.1) is 5.82 Å². The number of hydrogen-bond acceptors (Lipinski definition) is 3. The van der Waals surface area contributed by atoms with Gasteiger partial charge in [-0.1, -0.05) is 18.2 Å². The maximum atomic E-state index is 13.0. The molecule has 0 atom stereocenters. The molecule has 3 nitrogen and oxygen atoms in total. The number of fused-ring (bicyclic) bond motifs is 1. The fraction of sp³-hybridized carbons (Fsp3) is 0.182. The summed E-state index contributed by atoms with van der Waals surface area (Å²) in [5.41, 5.74) is 3.76. The fourth-order valence-electron chi connectivity index (χ4n) is 3.20. The summed E-state index contributed by atoms with van der Waals surface area (Å²) in [7, 11) is 0. The lowest BCUT2D eigenvalue weighted by Crippen LogP contribution is -2.30. The number of rotatable bonds is 5. The molecule has 0 aliphatic carbocycles. The number of nitrogens with one attached hydrogen (secondary N) is 1. The molecule has 4 rings (SSSR count). The van der Waals surface area contributed by atoms with Crippen LogP contribution >= 0.6 is 23.7 Å². The molecule has 1 aliphatic rings. The van der Waals surface area contributed by atoms with E-state index in [1.165, 1.54) is 34.7 Å². The second-order valence-corrected chi connectivity index (χ2v) is 7.58. The highest BCUT2D eigenvalue weighted by Gasteiger charge is 2.19. The van der Waals surface area contributed by atoms with E-state index >= 15 is 0 Å². The van der Waals surface area contributed by atoms with E-state index in [0.717, 1.165) is 30.4 Å². The molecule has 0 saturated heterocycles. The Morgan fingerprint density at radius 2 is 1.93 bits per heavy atom. The van der Waals surface area contributed by atoms with Crippen LogP contribution in [0.1, 0.15) is 38.3 Å². The number of halogens is 2. The smallest absolute Gasteiger partial charge is 0.256 e. The van der Waals surface area contributed by atoms with Gasteiger partial charge in [0, 0.05) is 16.0 Å². The zero-order valence-corrected chi connectivity index (χ0v) is 16.8. The SMILES string of the molecule is Cl.O=C(NC1=NCc2ccc(CCCc3cccs3)cc21)c1ccc(F)cc1. The molecule has 0 bridgehead atoms. The number of hydrogen-bond donors (Lipinski definition) is 1. The van der Waals surface area contributed by atoms with Gasteiger partial charge in [0.2, 0.25) is 0 Å². The molecule has 1 N–H and O–H groups in total. The minimum absolute atomic E-state index is 0. The number of benzene rings is 2. The maximum Gasteiger partial charge on any atom is 0.256 e. The van der Waals surface area contributed by atoms with Gasteiger partial charge in [-0.3, -0.25) is 9.79 Å². The van der Waals surface area contributed by atoms with Crippen molar-refractivity contribution in [1.29, 1.82) is 0 Å². The lowest BCUT2D eigenvalue weighted by Gasteiger charge is -2.09. The largest absolute Gasteiger partial charge is 0.306 e. The molecule has 0 fully saturated rings. The average Bonchev–Trinajstić information content (AvgIpc) is 3.33. The van der Waals surface area contributed by atoms with E-state index in [1.807, 2.05) is 0 Å². The summed E-state index contributed by atoms with van der Waals surface area (Å²) in [5, 5.41) is 4.98. The number of carbonyl (C=O) groups is 1. The van der Waals surface area contributed by atoms with E-state index in [9.17, 15) is 9.18 Å². The summed E-state index contributed by atoms with van der Waals surface area (Å²) >= 11 is 1.79. The van der Waals surface area contributed by atoms with Crippen molar-refractivity contribution in [2.24, 2.45) is 4.99 Å². The Balaban J connectivity index is 0.00000225. The highest BCUT2D eigenvalue weighted by Crippen LogP contribution is 2.21. The van der Waals surface area contributed by atoms with Gasteiger partial charge in [-0.25, -0.2) is 4.39 Å². The third-order valence-corrected chi connectivity index (χ3v) is 5.58. The van der Waals surface area contributed by atoms with E-state index in [2.05, 4.69) is 46.0 Å². The molecule has 0 unspecified atom stereocenters. The molecule has 6 heteroatoms. The van der Waals surface area contributed by atoms with E-state index in [0.29, 0.717) is 17.9 Å². The Bertz CT molecular complexity index is 984. The first-order valence-electron chi connectivity index (χ1n) is 8.95. The van der Waals surface area contributed by atoms with Crippen LogP contribution in [-0.2, 0) is 19.4 Å². The summed E-state index contributed by atoms with van der Waals surface area (Å²) in [6.07, 6.45) is 3.16. The van der Waals surface area contributed by atoms with Crippen molar-refractivity contribution in [1.82, 2.24) is 5.32 Å². The number of aliphatic imine (C=N–C) groups is 1. The third-order valence-electron chi connectivity index (χ3n) is 4.64. The Kier molecular flexibility index (Phi) is 6.60. The van der Waals surface area contributed by atoms with Gasteiger partial charge in [-0.15, -0.1) is 23.7 Å². The molecule has 0 spiro atoms. The van der Waals surface area contributed by atoms with E-state index < -0.39 is 0 Å². The van der Waals surface area contributed by atoms with Crippen LogP contribution in [-0.4, -0.2) is 11.7 Å². The fourth-order valence-corrected chi connectivity index (χ4v) is 3.95. The predicted octanol–water partition coefficient (Wildman–Crippen LogP) is 5.17. The summed E-state index contributed by atoms with van der Waals surface area (Å²) < 4.78 is 13.0. The normalized spacial score (nSPS) is 12.1. The molecule has 28 heavy (non-hydrogen) atoms. The van der Waals surface area contributed by atoms with Gasteiger partial charge in [0.15, 0.2) is 0 Å². The van der Waals surface area contributed by atoms with Crippen molar-refractivity contribution in [3.8, 4) is 0 Å². The Hall–Kier alpha value is -2.50. The van der Waals surface area contributed by atoms with Gasteiger partial charge >= 0.3 is 0 Å². The first kappa shape index (κ1) is 20.2. The number of aryl methyl sites for hydroxylation is 2. The van der Waals surface area contributed by atoms with Crippen molar-refractivity contribution >= 4 is 35.5 Å². The van der Waals surface area contributed by atoms with E-state index in [-0.39, 0.29) is 24.1 Å². The van der Waals surface area contributed by atoms with Crippen LogP contribution < -0.4 is 5.32 Å². The van der Waals surface area contributed by atoms with Gasteiger partial charge in [-0.05, 0) is 72.2 Å². The molecule has 2 aromatic carbocycles. The number of amides is 1. The summed E-state index contributed by atoms with van der Waals surface area (Å²) in [6, 6.07) is 16.1. The third kappa shape index (κ3) is 4.66. The standard InChI is InChI=1S/C22H19FN2OS.ClH/c23-18-10-8-16(9-11-18)22(26)25-21-20-13-15(6-7-17(20)14-24-21)3-1-4-19-5-2-12-27-19;/h2,5-13H,1,3-4,14H2,(H,24,25,26);1H. The van der Waals surface area contributed by atoms with Gasteiger partial charge in [0.05, 0.1) is 6.54 Å². The number of thiophene rings is 1. The zero-order valence-electron chi connectivity index (χ0n) is 15.2. The van der Waals surface area contributed by atoms with Gasteiger partial charge < -0.3 is 5.32 Å². The monoisotopic (exact) mass is 414 g/mol. The van der Waals surface area contributed by atoms with Crippen LogP contribution in [0.4, 0.5) is 4.39 Å². The molecule has 1 aliphatic heterocycles. The lowest BCUT2D eigenvalue weighted by molar-refractivity contribution is 0.0977. The average molecular weight is 415 g/mol. The lowest BCUT2D eigenvalue weighted by atomic mass is 10.0. The molecule has 144 valence electrons. The number of carbonyl (C=O) groups excluding carboxylic acids is 1. The number of amidine groups is 1. The van der Waals surface area contributed by atoms with E-state index in [1.54, 1.807) is 11.3 Å². The molecule has 0 saturated carbocycles. The topological polar surface area (TPSA) is 41.5 Å². The van der Waals surface area contributed by atoms with Crippen molar-refractivity contribution in [3.05, 3.63) is 92.9 Å². The van der Waals surface area contributed by atoms with Gasteiger partial charge in [0.1, 0.15) is 11.7 Å². The van der Waals surface area contributed by atoms with Crippen LogP contribution in [0.5, 0.6) is 0 Å². The highest BCUT2D eigenvalue weighted by molar-refractivity contribution is 7.09. The van der Waals surface area contributed by atoms with Crippen LogP contribution in [0.25, 0.3) is 0 Å². The second kappa shape index (κ2) is 9.13. The quantitative estimate of drug-likeness (QED) is 0.614. The Morgan fingerprint density at radius 1 is 1.11 bits per heavy atom. The zero-order chi connectivity index (χ0) is 18.6. The minimum atomic E-state index is -0.359. The number of nitrogens with zero attached hydrogens (tertiary/aromatic N) is 1. The molecule has 2 heterocycles. The molecule has 1 aromatic heterocycles. The minimum Gasteiger partial charge on any atom is -0.306 e. The molecular weight excluding hydrogens is 395 g/mol. The summed E-state index contributed by atoms with van der Waals surface area (Å²) in [6.45, 7) is 0.573. The second-order valence-electron chi connectivity index (χ2n) is 6.55. The predicted molar refractivity (Wildman–Crippen MR) is 114 cm³/mol. The van der Waals surface area contributed by atoms with E-state index in [4.69, 9.17) is 0 Å². The molecule has 1 amide bonds. The van der Waals surface area contributed by atoms with Crippen molar-refractivity contribution in [2.45, 2.75) is 25.8 Å². The Labute approximate surface area is 173 Å². The maximum absolute atomic E-state index is 13.0.